The summed E-state index contributed by atoms with van der Waals surface area (Å²) in [5.74, 6) is 1.65. The molecule has 2 unspecified atom stereocenters. The first-order chi connectivity index (χ1) is 12.3. The zero-order chi connectivity index (χ0) is 18.2. The lowest BCUT2D eigenvalue weighted by molar-refractivity contribution is -0.115. The van der Waals surface area contributed by atoms with Crippen LogP contribution in [0.15, 0.2) is 4.91 Å². The first kappa shape index (κ1) is 16.2. The Hall–Kier alpha value is -1.95. The number of aromatic hydroxyl groups is 1. The molecule has 26 heavy (non-hydrogen) atoms. The van der Waals surface area contributed by atoms with Crippen molar-refractivity contribution in [2.45, 2.75) is 63.4 Å². The van der Waals surface area contributed by atoms with Crippen LogP contribution in [0.2, 0.25) is 0 Å². The van der Waals surface area contributed by atoms with E-state index in [1.165, 1.54) is 5.56 Å². The number of fused-ring (bicyclic) bond motifs is 7. The fraction of sp³-hybridized carbons (Fsp3) is 0.500. The molecular weight excluding hydrogens is 350 g/mol. The minimum Gasteiger partial charge on any atom is -0.507 e. The Balaban J connectivity index is 1.74. The summed E-state index contributed by atoms with van der Waals surface area (Å²) in [6.45, 7) is 4.19. The molecule has 5 rings (SSSR count). The van der Waals surface area contributed by atoms with Crippen LogP contribution in [0.5, 0.6) is 11.5 Å². The van der Waals surface area contributed by atoms with Crippen LogP contribution >= 0.6 is 11.8 Å². The summed E-state index contributed by atoms with van der Waals surface area (Å²) in [6, 6.07) is 0. The SMILES string of the molecule is CC1(C)CCc2c(C=C3SC(=O)NC3=O)c(O)c3c(c2O1)C1CCC3C1. The van der Waals surface area contributed by atoms with Crippen molar-refractivity contribution < 1.29 is 19.4 Å². The first-order valence-electron chi connectivity index (χ1n) is 9.19. The number of phenolic OH excluding ortho intramolecular Hbond substituents is 1. The minimum atomic E-state index is -0.396. The Morgan fingerprint density at radius 1 is 1.23 bits per heavy atom. The van der Waals surface area contributed by atoms with E-state index in [-0.39, 0.29) is 16.6 Å². The molecule has 4 aliphatic rings. The molecular formula is C20H21NO4S. The lowest BCUT2D eigenvalue weighted by Crippen LogP contribution is -2.34. The number of hydrogen-bond donors (Lipinski definition) is 2. The lowest BCUT2D eigenvalue weighted by Gasteiger charge is -2.37. The van der Waals surface area contributed by atoms with Gasteiger partial charge in [0.2, 0.25) is 0 Å². The summed E-state index contributed by atoms with van der Waals surface area (Å²) in [5.41, 5.74) is 3.62. The molecule has 6 heteroatoms. The van der Waals surface area contributed by atoms with Gasteiger partial charge in [-0.3, -0.25) is 14.9 Å². The number of rotatable bonds is 1. The van der Waals surface area contributed by atoms with Gasteiger partial charge in [0.05, 0.1) is 4.91 Å². The van der Waals surface area contributed by atoms with Gasteiger partial charge in [-0.15, -0.1) is 0 Å². The van der Waals surface area contributed by atoms with Gasteiger partial charge in [-0.2, -0.15) is 0 Å². The number of ether oxygens (including phenoxy) is 1. The Bertz CT molecular complexity index is 902. The highest BCUT2D eigenvalue weighted by atomic mass is 32.2. The second-order valence-electron chi connectivity index (χ2n) is 8.32. The van der Waals surface area contributed by atoms with E-state index < -0.39 is 5.91 Å². The predicted molar refractivity (Wildman–Crippen MR) is 99.6 cm³/mol. The quantitative estimate of drug-likeness (QED) is 0.724. The summed E-state index contributed by atoms with van der Waals surface area (Å²) in [4.78, 5) is 23.8. The van der Waals surface area contributed by atoms with E-state index in [0.717, 1.165) is 60.7 Å². The lowest BCUT2D eigenvalue weighted by atomic mass is 9.82. The molecule has 5 nitrogen and oxygen atoms in total. The molecule has 0 radical (unpaired) electrons. The van der Waals surface area contributed by atoms with E-state index in [4.69, 9.17) is 4.74 Å². The third-order valence-corrected chi connectivity index (χ3v) is 6.98. The van der Waals surface area contributed by atoms with Crippen LogP contribution in [0, 0.1) is 0 Å². The third-order valence-electron chi connectivity index (χ3n) is 6.17. The largest absolute Gasteiger partial charge is 0.507 e. The van der Waals surface area contributed by atoms with Gasteiger partial charge in [0, 0.05) is 22.3 Å². The molecule has 2 aliphatic carbocycles. The van der Waals surface area contributed by atoms with Gasteiger partial charge in [-0.1, -0.05) is 0 Å². The van der Waals surface area contributed by atoms with Crippen molar-refractivity contribution in [2.24, 2.45) is 0 Å². The predicted octanol–water partition coefficient (Wildman–Crippen LogP) is 4.18. The van der Waals surface area contributed by atoms with Crippen molar-refractivity contribution in [1.29, 1.82) is 0 Å². The molecule has 2 fully saturated rings. The maximum absolute atomic E-state index is 12.0. The van der Waals surface area contributed by atoms with E-state index >= 15 is 0 Å². The first-order valence-corrected chi connectivity index (χ1v) is 10.0. The molecule has 0 aromatic heterocycles. The number of thioether (sulfide) groups is 1. The average molecular weight is 371 g/mol. The third kappa shape index (κ3) is 2.24. The van der Waals surface area contributed by atoms with Crippen molar-refractivity contribution in [3.8, 4) is 11.5 Å². The Morgan fingerprint density at radius 3 is 2.65 bits per heavy atom. The highest BCUT2D eigenvalue weighted by Crippen LogP contribution is 2.61. The smallest absolute Gasteiger partial charge is 0.290 e. The van der Waals surface area contributed by atoms with Gasteiger partial charge in [-0.25, -0.2) is 0 Å². The number of hydrogen-bond acceptors (Lipinski definition) is 5. The van der Waals surface area contributed by atoms with Crippen molar-refractivity contribution in [2.75, 3.05) is 0 Å². The van der Waals surface area contributed by atoms with Crippen LogP contribution in [-0.2, 0) is 11.2 Å². The average Bonchev–Trinajstić information content (AvgIpc) is 3.25. The van der Waals surface area contributed by atoms with Gasteiger partial charge in [-0.05, 0) is 75.6 Å². The number of carbonyl (C=O) groups is 2. The maximum Gasteiger partial charge on any atom is 0.290 e. The number of imide groups is 1. The van der Waals surface area contributed by atoms with Gasteiger partial charge in [0.15, 0.2) is 0 Å². The van der Waals surface area contributed by atoms with Gasteiger partial charge in [0.1, 0.15) is 17.1 Å². The maximum atomic E-state index is 12.0. The highest BCUT2D eigenvalue weighted by molar-refractivity contribution is 8.18. The second-order valence-corrected chi connectivity index (χ2v) is 9.33. The van der Waals surface area contributed by atoms with Crippen LogP contribution in [0.25, 0.3) is 6.08 Å². The molecule has 2 atom stereocenters. The highest BCUT2D eigenvalue weighted by Gasteiger charge is 2.45. The monoisotopic (exact) mass is 371 g/mol. The molecule has 1 aromatic carbocycles. The van der Waals surface area contributed by atoms with E-state index in [1.54, 1.807) is 6.08 Å². The van der Waals surface area contributed by atoms with E-state index in [9.17, 15) is 14.7 Å². The summed E-state index contributed by atoms with van der Waals surface area (Å²) in [5, 5.41) is 13.0. The van der Waals surface area contributed by atoms with Crippen LogP contribution in [0.4, 0.5) is 4.79 Å². The molecule has 2 amide bonds. The number of nitrogens with one attached hydrogen (secondary N) is 1. The molecule has 2 aliphatic heterocycles. The minimum absolute atomic E-state index is 0.237. The fourth-order valence-corrected chi connectivity index (χ4v) is 5.64. The van der Waals surface area contributed by atoms with Gasteiger partial charge in [0.25, 0.3) is 11.1 Å². The van der Waals surface area contributed by atoms with E-state index in [2.05, 4.69) is 19.2 Å². The molecule has 1 saturated carbocycles. The normalized spacial score (nSPS) is 29.5. The van der Waals surface area contributed by atoms with Crippen molar-refractivity contribution >= 4 is 29.0 Å². The summed E-state index contributed by atoms with van der Waals surface area (Å²) in [6.07, 6.45) is 6.64. The van der Waals surface area contributed by atoms with Crippen LogP contribution in [0.1, 0.15) is 73.6 Å². The summed E-state index contributed by atoms with van der Waals surface area (Å²) < 4.78 is 6.41. The fourth-order valence-electron chi connectivity index (χ4n) is 4.97. The number of carbonyl (C=O) groups excluding carboxylic acids is 2. The van der Waals surface area contributed by atoms with Crippen LogP contribution in [0.3, 0.4) is 0 Å². The summed E-state index contributed by atoms with van der Waals surface area (Å²) >= 11 is 0.886. The van der Waals surface area contributed by atoms with E-state index in [0.29, 0.717) is 22.3 Å². The van der Waals surface area contributed by atoms with Crippen molar-refractivity contribution in [3.63, 3.8) is 0 Å². The topological polar surface area (TPSA) is 75.6 Å². The number of amides is 2. The Labute approximate surface area is 156 Å². The molecule has 2 heterocycles. The summed E-state index contributed by atoms with van der Waals surface area (Å²) in [7, 11) is 0. The number of benzene rings is 1. The Morgan fingerprint density at radius 2 is 1.96 bits per heavy atom. The van der Waals surface area contributed by atoms with Crippen LogP contribution < -0.4 is 10.1 Å². The Kier molecular flexibility index (Phi) is 3.30. The van der Waals surface area contributed by atoms with Crippen molar-refractivity contribution in [3.05, 3.63) is 27.2 Å². The standard InChI is InChI=1S/C20H21NO4S/c1-20(2)6-5-11-12(8-13-18(23)21-19(24)26-13)16(22)14-9-3-4-10(7-9)15(14)17(11)25-20/h8-10,22H,3-7H2,1-2H3,(H,21,23,24). The van der Waals surface area contributed by atoms with Gasteiger partial charge < -0.3 is 9.84 Å². The molecule has 1 saturated heterocycles. The molecule has 0 spiro atoms. The van der Waals surface area contributed by atoms with Gasteiger partial charge >= 0.3 is 0 Å². The molecule has 1 aromatic rings. The van der Waals surface area contributed by atoms with Crippen LogP contribution in [-0.4, -0.2) is 21.9 Å². The zero-order valence-corrected chi connectivity index (χ0v) is 15.7. The van der Waals surface area contributed by atoms with Crippen molar-refractivity contribution in [1.82, 2.24) is 5.32 Å². The zero-order valence-electron chi connectivity index (χ0n) is 14.8. The molecule has 2 bridgehead atoms. The number of phenols is 1. The second kappa shape index (κ2) is 5.28. The molecule has 2 N–H and O–H groups in total. The van der Waals surface area contributed by atoms with E-state index in [1.807, 2.05) is 0 Å². The molecule has 136 valence electrons.